The van der Waals surface area contributed by atoms with E-state index in [1.807, 2.05) is 31.2 Å². The van der Waals surface area contributed by atoms with Crippen molar-refractivity contribution in [3.8, 4) is 11.3 Å². The van der Waals surface area contributed by atoms with Crippen LogP contribution in [-0.2, 0) is 16.1 Å². The van der Waals surface area contributed by atoms with E-state index in [1.54, 1.807) is 18.2 Å². The van der Waals surface area contributed by atoms with Crippen molar-refractivity contribution >= 4 is 11.9 Å². The van der Waals surface area contributed by atoms with Crippen molar-refractivity contribution in [2.24, 2.45) is 0 Å². The summed E-state index contributed by atoms with van der Waals surface area (Å²) >= 11 is 0. The Bertz CT molecular complexity index is 964. The summed E-state index contributed by atoms with van der Waals surface area (Å²) in [4.78, 5) is 23.9. The van der Waals surface area contributed by atoms with Gasteiger partial charge in [0, 0.05) is 6.54 Å². The zero-order chi connectivity index (χ0) is 19.2. The second-order valence-electron chi connectivity index (χ2n) is 5.92. The number of rotatable bonds is 6. The summed E-state index contributed by atoms with van der Waals surface area (Å²) in [7, 11) is 0. The molecule has 0 aliphatic carbocycles. The molecule has 0 aliphatic heterocycles. The maximum absolute atomic E-state index is 13.8. The van der Waals surface area contributed by atoms with Crippen LogP contribution in [0, 0.1) is 12.7 Å². The molecular weight excluding hydrogens is 349 g/mol. The molecule has 1 amide bonds. The molecule has 0 fully saturated rings. The van der Waals surface area contributed by atoms with Crippen molar-refractivity contribution in [1.29, 1.82) is 0 Å². The molecule has 0 aliphatic rings. The molecule has 3 aromatic rings. The van der Waals surface area contributed by atoms with Gasteiger partial charge >= 0.3 is 5.97 Å². The summed E-state index contributed by atoms with van der Waals surface area (Å²) in [5.74, 6) is -1.55. The van der Waals surface area contributed by atoms with Gasteiger partial charge in [0.15, 0.2) is 6.61 Å². The third kappa shape index (κ3) is 4.61. The molecule has 1 heterocycles. The van der Waals surface area contributed by atoms with E-state index in [4.69, 9.17) is 9.15 Å². The standard InChI is InChI=1S/C21H18FNO4/c1-14-6-2-3-7-15(14)12-23-20(24)13-26-21(25)19-11-10-18(27-19)16-8-4-5-9-17(16)22/h2-11H,12-13H2,1H3,(H,23,24). The van der Waals surface area contributed by atoms with Gasteiger partial charge < -0.3 is 14.5 Å². The highest BCUT2D eigenvalue weighted by molar-refractivity contribution is 5.89. The summed E-state index contributed by atoms with van der Waals surface area (Å²) < 4.78 is 24.1. The lowest BCUT2D eigenvalue weighted by molar-refractivity contribution is -0.124. The van der Waals surface area contributed by atoms with Crippen molar-refractivity contribution < 1.29 is 23.1 Å². The van der Waals surface area contributed by atoms with Crippen molar-refractivity contribution in [2.45, 2.75) is 13.5 Å². The first kappa shape index (κ1) is 18.4. The van der Waals surface area contributed by atoms with Gasteiger partial charge in [-0.05, 0) is 42.3 Å². The largest absolute Gasteiger partial charge is 0.450 e. The highest BCUT2D eigenvalue weighted by atomic mass is 19.1. The van der Waals surface area contributed by atoms with Gasteiger partial charge in [-0.1, -0.05) is 36.4 Å². The van der Waals surface area contributed by atoms with E-state index in [1.165, 1.54) is 18.2 Å². The first-order valence-corrected chi connectivity index (χ1v) is 8.37. The molecule has 0 unspecified atom stereocenters. The van der Waals surface area contributed by atoms with Gasteiger partial charge in [0.25, 0.3) is 5.91 Å². The number of halogens is 1. The molecule has 0 saturated heterocycles. The Morgan fingerprint density at radius 1 is 1.04 bits per heavy atom. The normalized spacial score (nSPS) is 10.4. The van der Waals surface area contributed by atoms with Gasteiger partial charge in [0.2, 0.25) is 5.76 Å². The number of benzene rings is 2. The monoisotopic (exact) mass is 367 g/mol. The predicted molar refractivity (Wildman–Crippen MR) is 97.4 cm³/mol. The molecule has 5 nitrogen and oxygen atoms in total. The minimum Gasteiger partial charge on any atom is -0.450 e. The van der Waals surface area contributed by atoms with Gasteiger partial charge in [-0.3, -0.25) is 4.79 Å². The maximum atomic E-state index is 13.8. The number of esters is 1. The molecule has 138 valence electrons. The van der Waals surface area contributed by atoms with Crippen LogP contribution in [0.1, 0.15) is 21.7 Å². The highest BCUT2D eigenvalue weighted by Gasteiger charge is 2.16. The SMILES string of the molecule is Cc1ccccc1CNC(=O)COC(=O)c1ccc(-c2ccccc2F)o1. The van der Waals surface area contributed by atoms with Crippen molar-refractivity contribution in [1.82, 2.24) is 5.32 Å². The van der Waals surface area contributed by atoms with E-state index >= 15 is 0 Å². The van der Waals surface area contributed by atoms with Gasteiger partial charge in [0.05, 0.1) is 5.56 Å². The van der Waals surface area contributed by atoms with Gasteiger partial charge in [0.1, 0.15) is 11.6 Å². The zero-order valence-electron chi connectivity index (χ0n) is 14.7. The number of nitrogens with one attached hydrogen (secondary N) is 1. The second-order valence-corrected chi connectivity index (χ2v) is 5.92. The Morgan fingerprint density at radius 3 is 2.56 bits per heavy atom. The zero-order valence-corrected chi connectivity index (χ0v) is 14.7. The highest BCUT2D eigenvalue weighted by Crippen LogP contribution is 2.25. The summed E-state index contributed by atoms with van der Waals surface area (Å²) in [5.41, 5.74) is 2.29. The fourth-order valence-electron chi connectivity index (χ4n) is 2.51. The van der Waals surface area contributed by atoms with E-state index in [9.17, 15) is 14.0 Å². The molecule has 1 aromatic heterocycles. The number of hydrogen-bond donors (Lipinski definition) is 1. The Labute approximate surface area is 155 Å². The lowest BCUT2D eigenvalue weighted by atomic mass is 10.1. The summed E-state index contributed by atoms with van der Waals surface area (Å²) in [6.07, 6.45) is 0. The molecule has 0 radical (unpaired) electrons. The third-order valence-electron chi connectivity index (χ3n) is 4.02. The van der Waals surface area contributed by atoms with Crippen LogP contribution >= 0.6 is 0 Å². The third-order valence-corrected chi connectivity index (χ3v) is 4.02. The van der Waals surface area contributed by atoms with Crippen LogP contribution in [0.25, 0.3) is 11.3 Å². The summed E-state index contributed by atoms with van der Waals surface area (Å²) in [6.45, 7) is 1.87. The van der Waals surface area contributed by atoms with E-state index in [2.05, 4.69) is 5.32 Å². The predicted octanol–water partition coefficient (Wildman–Crippen LogP) is 3.87. The van der Waals surface area contributed by atoms with Crippen LogP contribution < -0.4 is 5.32 Å². The fraction of sp³-hybridized carbons (Fsp3) is 0.143. The number of furan rings is 1. The van der Waals surface area contributed by atoms with E-state index in [0.29, 0.717) is 6.54 Å². The van der Waals surface area contributed by atoms with Crippen molar-refractivity contribution in [3.63, 3.8) is 0 Å². The minimum absolute atomic E-state index is 0.0973. The average Bonchev–Trinajstić information content (AvgIpc) is 3.16. The Balaban J connectivity index is 1.53. The first-order valence-electron chi connectivity index (χ1n) is 8.37. The number of hydrogen-bond acceptors (Lipinski definition) is 4. The fourth-order valence-corrected chi connectivity index (χ4v) is 2.51. The lowest BCUT2D eigenvalue weighted by Gasteiger charge is -2.08. The van der Waals surface area contributed by atoms with Crippen molar-refractivity contribution in [3.05, 3.63) is 83.4 Å². The van der Waals surface area contributed by atoms with E-state index in [0.717, 1.165) is 11.1 Å². The molecular formula is C21H18FNO4. The van der Waals surface area contributed by atoms with E-state index in [-0.39, 0.29) is 17.1 Å². The topological polar surface area (TPSA) is 68.5 Å². The van der Waals surface area contributed by atoms with Crippen LogP contribution in [-0.4, -0.2) is 18.5 Å². The molecule has 1 N–H and O–H groups in total. The number of carbonyl (C=O) groups excluding carboxylic acids is 2. The summed E-state index contributed by atoms with van der Waals surface area (Å²) in [6, 6.07) is 16.6. The number of carbonyl (C=O) groups is 2. The number of ether oxygens (including phenoxy) is 1. The molecule has 3 rings (SSSR count). The van der Waals surface area contributed by atoms with Gasteiger partial charge in [-0.25, -0.2) is 9.18 Å². The van der Waals surface area contributed by atoms with Crippen LogP contribution in [0.3, 0.4) is 0 Å². The minimum atomic E-state index is -0.788. The van der Waals surface area contributed by atoms with Crippen LogP contribution in [0.15, 0.2) is 65.1 Å². The quantitative estimate of drug-likeness (QED) is 0.672. The number of amides is 1. The van der Waals surface area contributed by atoms with Crippen LogP contribution in [0.2, 0.25) is 0 Å². The molecule has 6 heteroatoms. The summed E-state index contributed by atoms with van der Waals surface area (Å²) in [5, 5.41) is 2.69. The first-order chi connectivity index (χ1) is 13.0. The van der Waals surface area contributed by atoms with Gasteiger partial charge in [-0.15, -0.1) is 0 Å². The Kier molecular flexibility index (Phi) is 5.66. The van der Waals surface area contributed by atoms with Crippen LogP contribution in [0.4, 0.5) is 4.39 Å². The lowest BCUT2D eigenvalue weighted by Crippen LogP contribution is -2.28. The second kappa shape index (κ2) is 8.31. The Hall–Kier alpha value is -3.41. The molecule has 0 spiro atoms. The molecule has 0 bridgehead atoms. The average molecular weight is 367 g/mol. The molecule has 0 saturated carbocycles. The van der Waals surface area contributed by atoms with E-state index < -0.39 is 24.3 Å². The van der Waals surface area contributed by atoms with Gasteiger partial charge in [-0.2, -0.15) is 0 Å². The maximum Gasteiger partial charge on any atom is 0.374 e. The Morgan fingerprint density at radius 2 is 1.78 bits per heavy atom. The smallest absolute Gasteiger partial charge is 0.374 e. The van der Waals surface area contributed by atoms with Crippen molar-refractivity contribution in [2.75, 3.05) is 6.61 Å². The van der Waals surface area contributed by atoms with Crippen LogP contribution in [0.5, 0.6) is 0 Å². The molecule has 27 heavy (non-hydrogen) atoms. The molecule has 0 atom stereocenters. The molecule has 2 aromatic carbocycles. The number of aryl methyl sites for hydroxylation is 1.